The van der Waals surface area contributed by atoms with E-state index in [-0.39, 0.29) is 5.41 Å². The zero-order chi connectivity index (χ0) is 19.2. The van der Waals surface area contributed by atoms with Crippen LogP contribution in [0.2, 0.25) is 0 Å². The molecule has 2 rings (SSSR count). The van der Waals surface area contributed by atoms with Gasteiger partial charge in [-0.2, -0.15) is 0 Å². The lowest BCUT2D eigenvalue weighted by atomic mass is 9.71. The molecule has 0 spiro atoms. The Labute approximate surface area is 162 Å². The minimum absolute atomic E-state index is 0.0989. The van der Waals surface area contributed by atoms with Crippen LogP contribution in [0.1, 0.15) is 92.2 Å². The fourth-order valence-corrected chi connectivity index (χ4v) is 3.88. The first-order valence-electron chi connectivity index (χ1n) is 10.5. The fourth-order valence-electron chi connectivity index (χ4n) is 3.88. The third-order valence-electron chi connectivity index (χ3n) is 6.32. The van der Waals surface area contributed by atoms with Crippen molar-refractivity contribution in [2.24, 2.45) is 0 Å². The molecule has 0 nitrogen and oxygen atoms in total. The molecule has 0 unspecified atom stereocenters. The highest BCUT2D eigenvalue weighted by Gasteiger charge is 2.29. The molecule has 0 aliphatic rings. The van der Waals surface area contributed by atoms with Gasteiger partial charge in [0.25, 0.3) is 0 Å². The monoisotopic (exact) mass is 350 g/mol. The maximum absolute atomic E-state index is 2.45. The van der Waals surface area contributed by atoms with Crippen LogP contribution in [0, 0.1) is 27.7 Å². The van der Waals surface area contributed by atoms with Crippen molar-refractivity contribution in [1.29, 1.82) is 0 Å². The summed E-state index contributed by atoms with van der Waals surface area (Å²) in [7, 11) is 0. The maximum Gasteiger partial charge on any atom is 0.0174 e. The van der Waals surface area contributed by atoms with Crippen molar-refractivity contribution >= 4 is 0 Å². The van der Waals surface area contributed by atoms with E-state index < -0.39 is 0 Å². The molecule has 0 heteroatoms. The summed E-state index contributed by atoms with van der Waals surface area (Å²) in [4.78, 5) is 0. The minimum atomic E-state index is 0.0989. The standard InChI is InChI=1S/C26H38/c1-7-8-9-10-11-12-17-26(6,24-15-13-20(2)22(4)18-24)25-16-14-21(3)23(5)19-25/h13-16,18-19H,7-12,17H2,1-6H3. The first-order valence-corrected chi connectivity index (χ1v) is 10.5. The van der Waals surface area contributed by atoms with Crippen LogP contribution >= 0.6 is 0 Å². The zero-order valence-corrected chi connectivity index (χ0v) is 17.9. The molecule has 0 bridgehead atoms. The van der Waals surface area contributed by atoms with Gasteiger partial charge >= 0.3 is 0 Å². The Hall–Kier alpha value is -1.56. The number of aryl methyl sites for hydroxylation is 4. The smallest absolute Gasteiger partial charge is 0.0174 e. The van der Waals surface area contributed by atoms with E-state index in [9.17, 15) is 0 Å². The molecule has 0 aliphatic carbocycles. The maximum atomic E-state index is 2.45. The molecule has 2 aromatic carbocycles. The Morgan fingerprint density at radius 3 is 1.54 bits per heavy atom. The lowest BCUT2D eigenvalue weighted by molar-refractivity contribution is 0.472. The molecule has 0 N–H and O–H groups in total. The molecule has 2 aromatic rings. The van der Waals surface area contributed by atoms with Crippen LogP contribution in [0.5, 0.6) is 0 Å². The molecule has 0 saturated carbocycles. The largest absolute Gasteiger partial charge is 0.0654 e. The Morgan fingerprint density at radius 1 is 0.615 bits per heavy atom. The number of benzene rings is 2. The van der Waals surface area contributed by atoms with E-state index in [1.165, 1.54) is 78.3 Å². The molecule has 142 valence electrons. The first-order chi connectivity index (χ1) is 12.4. The van der Waals surface area contributed by atoms with Gasteiger partial charge in [-0.3, -0.25) is 0 Å². The van der Waals surface area contributed by atoms with Gasteiger partial charge in [-0.15, -0.1) is 0 Å². The summed E-state index contributed by atoms with van der Waals surface area (Å²) in [6.45, 7) is 13.6. The third-order valence-corrected chi connectivity index (χ3v) is 6.32. The van der Waals surface area contributed by atoms with Gasteiger partial charge < -0.3 is 0 Å². The van der Waals surface area contributed by atoms with Crippen molar-refractivity contribution in [3.05, 3.63) is 69.8 Å². The van der Waals surface area contributed by atoms with Crippen LogP contribution in [0.3, 0.4) is 0 Å². The van der Waals surface area contributed by atoms with Gasteiger partial charge in [-0.1, -0.05) is 88.8 Å². The van der Waals surface area contributed by atoms with E-state index >= 15 is 0 Å². The van der Waals surface area contributed by atoms with Crippen LogP contribution in [-0.2, 0) is 5.41 Å². The predicted octanol–water partition coefficient (Wildman–Crippen LogP) is 7.98. The Morgan fingerprint density at radius 2 is 1.08 bits per heavy atom. The van der Waals surface area contributed by atoms with Gasteiger partial charge in [-0.25, -0.2) is 0 Å². The highest BCUT2D eigenvalue weighted by atomic mass is 14.3. The van der Waals surface area contributed by atoms with E-state index in [2.05, 4.69) is 77.9 Å². The Kier molecular flexibility index (Phi) is 7.50. The highest BCUT2D eigenvalue weighted by Crippen LogP contribution is 2.38. The second-order valence-corrected chi connectivity index (χ2v) is 8.45. The van der Waals surface area contributed by atoms with E-state index in [1.807, 2.05) is 0 Å². The predicted molar refractivity (Wildman–Crippen MR) is 116 cm³/mol. The second-order valence-electron chi connectivity index (χ2n) is 8.45. The summed E-state index contributed by atoms with van der Waals surface area (Å²) in [5.41, 5.74) is 8.61. The summed E-state index contributed by atoms with van der Waals surface area (Å²) in [6, 6.07) is 14.1. The van der Waals surface area contributed by atoms with Gasteiger partial charge in [0.1, 0.15) is 0 Å². The summed E-state index contributed by atoms with van der Waals surface area (Å²) in [5, 5.41) is 0. The van der Waals surface area contributed by atoms with Crippen LogP contribution in [0.15, 0.2) is 36.4 Å². The average Bonchev–Trinajstić information content (AvgIpc) is 2.62. The highest BCUT2D eigenvalue weighted by molar-refractivity contribution is 5.44. The van der Waals surface area contributed by atoms with Crippen molar-refractivity contribution in [2.75, 3.05) is 0 Å². The summed E-state index contributed by atoms with van der Waals surface area (Å²) in [6.07, 6.45) is 9.36. The van der Waals surface area contributed by atoms with Gasteiger partial charge in [-0.05, 0) is 67.5 Å². The van der Waals surface area contributed by atoms with Gasteiger partial charge in [0.2, 0.25) is 0 Å². The Balaban J connectivity index is 2.27. The van der Waals surface area contributed by atoms with Gasteiger partial charge in [0.05, 0.1) is 0 Å². The van der Waals surface area contributed by atoms with Crippen LogP contribution < -0.4 is 0 Å². The number of rotatable bonds is 9. The third kappa shape index (κ3) is 5.00. The van der Waals surface area contributed by atoms with Crippen molar-refractivity contribution in [2.45, 2.75) is 91.9 Å². The lowest BCUT2D eigenvalue weighted by Gasteiger charge is -2.32. The fraction of sp³-hybridized carbons (Fsp3) is 0.538. The first kappa shape index (κ1) is 20.7. The molecule has 0 amide bonds. The summed E-state index contributed by atoms with van der Waals surface area (Å²) >= 11 is 0. The molecule has 0 aromatic heterocycles. The Bertz CT molecular complexity index is 656. The molecule has 0 heterocycles. The molecule has 26 heavy (non-hydrogen) atoms. The van der Waals surface area contributed by atoms with Crippen molar-refractivity contribution in [3.63, 3.8) is 0 Å². The van der Waals surface area contributed by atoms with Crippen LogP contribution in [-0.4, -0.2) is 0 Å². The minimum Gasteiger partial charge on any atom is -0.0654 e. The number of hydrogen-bond donors (Lipinski definition) is 0. The van der Waals surface area contributed by atoms with E-state index in [4.69, 9.17) is 0 Å². The van der Waals surface area contributed by atoms with Crippen molar-refractivity contribution in [1.82, 2.24) is 0 Å². The molecular formula is C26H38. The zero-order valence-electron chi connectivity index (χ0n) is 17.9. The molecule has 0 atom stereocenters. The van der Waals surface area contributed by atoms with Gasteiger partial charge in [0, 0.05) is 5.41 Å². The molecule has 0 aliphatic heterocycles. The van der Waals surface area contributed by atoms with Crippen molar-refractivity contribution < 1.29 is 0 Å². The summed E-state index contributed by atoms with van der Waals surface area (Å²) in [5.74, 6) is 0. The van der Waals surface area contributed by atoms with E-state index in [1.54, 1.807) is 0 Å². The normalized spacial score (nSPS) is 11.8. The number of hydrogen-bond acceptors (Lipinski definition) is 0. The van der Waals surface area contributed by atoms with Gasteiger partial charge in [0.15, 0.2) is 0 Å². The van der Waals surface area contributed by atoms with Crippen LogP contribution in [0.25, 0.3) is 0 Å². The molecule has 0 saturated heterocycles. The van der Waals surface area contributed by atoms with E-state index in [0.717, 1.165) is 0 Å². The quantitative estimate of drug-likeness (QED) is 0.402. The van der Waals surface area contributed by atoms with Crippen molar-refractivity contribution in [3.8, 4) is 0 Å². The van der Waals surface area contributed by atoms with E-state index in [0.29, 0.717) is 0 Å². The second kappa shape index (κ2) is 9.40. The molecule has 0 radical (unpaired) electrons. The lowest BCUT2D eigenvalue weighted by Crippen LogP contribution is -2.24. The SMILES string of the molecule is CCCCCCCCC(C)(c1ccc(C)c(C)c1)c1ccc(C)c(C)c1. The molecule has 0 fully saturated rings. The summed E-state index contributed by atoms with van der Waals surface area (Å²) < 4.78 is 0. The molecular weight excluding hydrogens is 312 g/mol. The topological polar surface area (TPSA) is 0 Å². The number of unbranched alkanes of at least 4 members (excludes halogenated alkanes) is 5. The van der Waals surface area contributed by atoms with Crippen LogP contribution in [0.4, 0.5) is 0 Å². The average molecular weight is 351 g/mol.